The molecule has 0 aliphatic heterocycles. The number of rotatable bonds is 1. The van der Waals surface area contributed by atoms with E-state index >= 15 is 0 Å². The van der Waals surface area contributed by atoms with E-state index < -0.39 is 0 Å². The summed E-state index contributed by atoms with van der Waals surface area (Å²) >= 11 is 0. The van der Waals surface area contributed by atoms with Crippen molar-refractivity contribution >= 4 is 11.2 Å². The molecular weight excluding hydrogens is 228 g/mol. The number of fused-ring (bicyclic) bond motifs is 1. The lowest BCUT2D eigenvalue weighted by atomic mass is 10.2. The molecule has 2 heterocycles. The van der Waals surface area contributed by atoms with E-state index in [1.807, 2.05) is 37.4 Å². The van der Waals surface area contributed by atoms with E-state index in [1.54, 1.807) is 17.9 Å². The van der Waals surface area contributed by atoms with Gasteiger partial charge in [-0.2, -0.15) is 0 Å². The fraction of sp³-hybridized carbons (Fsp3) is 0.154. The smallest absolute Gasteiger partial charge is 0.281 e. The highest BCUT2D eigenvalue weighted by Crippen LogP contribution is 2.16. The minimum absolute atomic E-state index is 0.126. The van der Waals surface area contributed by atoms with Crippen molar-refractivity contribution in [2.24, 2.45) is 14.1 Å². The van der Waals surface area contributed by atoms with Crippen LogP contribution in [0.2, 0.25) is 0 Å². The standard InChI is InChI=1S/C13H12N4O/c1-16-8-14-10-12(16)15-11(17(2)13(10)18)9-6-4-3-5-7-9/h3-8H,1-2H3. The second-order valence-corrected chi connectivity index (χ2v) is 4.19. The molecule has 0 fully saturated rings. The molecule has 0 aliphatic rings. The molecule has 5 nitrogen and oxygen atoms in total. The van der Waals surface area contributed by atoms with Gasteiger partial charge in [-0.15, -0.1) is 0 Å². The molecule has 18 heavy (non-hydrogen) atoms. The van der Waals surface area contributed by atoms with Gasteiger partial charge < -0.3 is 4.57 Å². The third-order valence-corrected chi connectivity index (χ3v) is 2.97. The minimum Gasteiger partial charge on any atom is -0.318 e. The molecule has 0 atom stereocenters. The Morgan fingerprint density at radius 2 is 1.83 bits per heavy atom. The molecule has 1 aromatic carbocycles. The van der Waals surface area contributed by atoms with Crippen LogP contribution < -0.4 is 5.56 Å². The SMILES string of the molecule is Cn1c(-c2ccccc2)nc2c(ncn2C)c1=O. The van der Waals surface area contributed by atoms with E-state index in [2.05, 4.69) is 9.97 Å². The molecule has 0 radical (unpaired) electrons. The van der Waals surface area contributed by atoms with Crippen LogP contribution in [0.3, 0.4) is 0 Å². The Bertz CT molecular complexity index is 771. The number of aryl methyl sites for hydroxylation is 1. The van der Waals surface area contributed by atoms with Crippen molar-refractivity contribution in [3.63, 3.8) is 0 Å². The van der Waals surface area contributed by atoms with Crippen LogP contribution in [0, 0.1) is 0 Å². The predicted molar refractivity (Wildman–Crippen MR) is 69.2 cm³/mol. The summed E-state index contributed by atoms with van der Waals surface area (Å²) in [6.45, 7) is 0. The van der Waals surface area contributed by atoms with Crippen LogP contribution in [0.25, 0.3) is 22.6 Å². The molecule has 2 aromatic heterocycles. The van der Waals surface area contributed by atoms with Crippen molar-refractivity contribution < 1.29 is 0 Å². The first-order chi connectivity index (χ1) is 8.68. The second kappa shape index (κ2) is 3.80. The van der Waals surface area contributed by atoms with Crippen molar-refractivity contribution in [1.29, 1.82) is 0 Å². The van der Waals surface area contributed by atoms with Gasteiger partial charge in [0, 0.05) is 19.7 Å². The zero-order chi connectivity index (χ0) is 12.7. The van der Waals surface area contributed by atoms with E-state index in [1.165, 1.54) is 4.57 Å². The summed E-state index contributed by atoms with van der Waals surface area (Å²) in [5.74, 6) is 0.650. The second-order valence-electron chi connectivity index (χ2n) is 4.19. The van der Waals surface area contributed by atoms with Gasteiger partial charge in [0.1, 0.15) is 5.82 Å². The highest BCUT2D eigenvalue weighted by atomic mass is 16.1. The molecule has 0 aliphatic carbocycles. The first kappa shape index (κ1) is 10.7. The first-order valence-corrected chi connectivity index (χ1v) is 5.62. The highest BCUT2D eigenvalue weighted by Gasteiger charge is 2.12. The average Bonchev–Trinajstić information content (AvgIpc) is 2.77. The van der Waals surface area contributed by atoms with Gasteiger partial charge in [-0.25, -0.2) is 9.97 Å². The van der Waals surface area contributed by atoms with Crippen LogP contribution in [0.15, 0.2) is 41.5 Å². The molecule has 0 unspecified atom stereocenters. The number of hydrogen-bond acceptors (Lipinski definition) is 3. The maximum absolute atomic E-state index is 12.2. The third kappa shape index (κ3) is 1.44. The topological polar surface area (TPSA) is 52.7 Å². The summed E-state index contributed by atoms with van der Waals surface area (Å²) in [7, 11) is 3.54. The molecule has 0 saturated carbocycles. The van der Waals surface area contributed by atoms with Crippen LogP contribution in [-0.2, 0) is 14.1 Å². The molecule has 3 aromatic rings. The van der Waals surface area contributed by atoms with Crippen molar-refractivity contribution in [2.45, 2.75) is 0 Å². The summed E-state index contributed by atoms with van der Waals surface area (Å²) in [4.78, 5) is 20.8. The van der Waals surface area contributed by atoms with E-state index in [4.69, 9.17) is 0 Å². The van der Waals surface area contributed by atoms with Crippen LogP contribution in [-0.4, -0.2) is 19.1 Å². The fourth-order valence-electron chi connectivity index (χ4n) is 1.98. The van der Waals surface area contributed by atoms with Crippen molar-refractivity contribution in [3.05, 3.63) is 47.0 Å². The Balaban J connectivity index is 2.40. The quantitative estimate of drug-likeness (QED) is 0.645. The van der Waals surface area contributed by atoms with Crippen molar-refractivity contribution in [2.75, 3.05) is 0 Å². The summed E-state index contributed by atoms with van der Waals surface area (Å²) < 4.78 is 3.29. The van der Waals surface area contributed by atoms with Gasteiger partial charge in [0.25, 0.3) is 5.56 Å². The van der Waals surface area contributed by atoms with Gasteiger partial charge in [0.2, 0.25) is 0 Å². The maximum atomic E-state index is 12.2. The molecule has 0 amide bonds. The van der Waals surface area contributed by atoms with Gasteiger partial charge in [-0.1, -0.05) is 30.3 Å². The van der Waals surface area contributed by atoms with Gasteiger partial charge in [-0.3, -0.25) is 9.36 Å². The molecular formula is C13H12N4O. The average molecular weight is 240 g/mol. The van der Waals surface area contributed by atoms with E-state index in [0.717, 1.165) is 5.56 Å². The normalized spacial score (nSPS) is 11.0. The lowest BCUT2D eigenvalue weighted by Crippen LogP contribution is -2.20. The zero-order valence-electron chi connectivity index (χ0n) is 10.2. The first-order valence-electron chi connectivity index (χ1n) is 5.62. The Kier molecular flexibility index (Phi) is 2.26. The van der Waals surface area contributed by atoms with Crippen molar-refractivity contribution in [1.82, 2.24) is 19.1 Å². The fourth-order valence-corrected chi connectivity index (χ4v) is 1.98. The number of nitrogens with zero attached hydrogens (tertiary/aromatic N) is 4. The van der Waals surface area contributed by atoms with Crippen LogP contribution in [0.5, 0.6) is 0 Å². The molecule has 3 rings (SSSR count). The number of imidazole rings is 1. The zero-order valence-corrected chi connectivity index (χ0v) is 10.2. The maximum Gasteiger partial charge on any atom is 0.281 e. The Morgan fingerprint density at radius 1 is 1.11 bits per heavy atom. The Labute approximate surface area is 103 Å². The lowest BCUT2D eigenvalue weighted by Gasteiger charge is -2.07. The van der Waals surface area contributed by atoms with E-state index in [0.29, 0.717) is 17.0 Å². The van der Waals surface area contributed by atoms with Crippen LogP contribution >= 0.6 is 0 Å². The summed E-state index contributed by atoms with van der Waals surface area (Å²) in [5, 5.41) is 0. The molecule has 0 bridgehead atoms. The summed E-state index contributed by atoms with van der Waals surface area (Å²) in [6, 6.07) is 9.65. The van der Waals surface area contributed by atoms with Gasteiger partial charge in [0.15, 0.2) is 11.2 Å². The number of benzene rings is 1. The summed E-state index contributed by atoms with van der Waals surface area (Å²) in [6.07, 6.45) is 1.60. The number of hydrogen-bond donors (Lipinski definition) is 0. The molecule has 0 spiro atoms. The molecule has 90 valence electrons. The lowest BCUT2D eigenvalue weighted by molar-refractivity contribution is 0.844. The number of aromatic nitrogens is 4. The molecule has 0 saturated heterocycles. The van der Waals surface area contributed by atoms with E-state index in [-0.39, 0.29) is 5.56 Å². The van der Waals surface area contributed by atoms with Gasteiger partial charge in [-0.05, 0) is 0 Å². The van der Waals surface area contributed by atoms with E-state index in [9.17, 15) is 4.79 Å². The third-order valence-electron chi connectivity index (χ3n) is 2.97. The van der Waals surface area contributed by atoms with Gasteiger partial charge >= 0.3 is 0 Å². The van der Waals surface area contributed by atoms with Gasteiger partial charge in [0.05, 0.1) is 6.33 Å². The monoisotopic (exact) mass is 240 g/mol. The molecule has 0 N–H and O–H groups in total. The highest BCUT2D eigenvalue weighted by molar-refractivity contribution is 5.72. The predicted octanol–water partition coefficient (Wildman–Crippen LogP) is 1.33. The Morgan fingerprint density at radius 3 is 2.56 bits per heavy atom. The minimum atomic E-state index is -0.126. The summed E-state index contributed by atoms with van der Waals surface area (Å²) in [5.41, 5.74) is 1.80. The van der Waals surface area contributed by atoms with Crippen LogP contribution in [0.4, 0.5) is 0 Å². The largest absolute Gasteiger partial charge is 0.318 e. The van der Waals surface area contributed by atoms with Crippen LogP contribution in [0.1, 0.15) is 0 Å². The molecule has 5 heteroatoms. The Hall–Kier alpha value is -2.43. The van der Waals surface area contributed by atoms with Crippen molar-refractivity contribution in [3.8, 4) is 11.4 Å².